The van der Waals surface area contributed by atoms with Crippen molar-refractivity contribution in [2.45, 2.75) is 128 Å². The highest BCUT2D eigenvalue weighted by molar-refractivity contribution is 4.91. The molecule has 0 aliphatic rings. The molecule has 0 aliphatic carbocycles. The van der Waals surface area contributed by atoms with E-state index in [0.717, 1.165) is 0 Å². The molecule has 0 saturated heterocycles. The van der Waals surface area contributed by atoms with Crippen LogP contribution in [0, 0.1) is 16.2 Å². The summed E-state index contributed by atoms with van der Waals surface area (Å²) < 4.78 is 0. The number of hydrogen-bond donors (Lipinski definition) is 0. The van der Waals surface area contributed by atoms with E-state index in [4.69, 9.17) is 0 Å². The fourth-order valence-electron chi connectivity index (χ4n) is 2.18. The van der Waals surface area contributed by atoms with Crippen LogP contribution in [-0.2, 0) is 0 Å². The van der Waals surface area contributed by atoms with Crippen molar-refractivity contribution in [3.63, 3.8) is 0 Å². The summed E-state index contributed by atoms with van der Waals surface area (Å²) in [5.41, 5.74) is 1.64. The molecule has 0 aromatic rings. The van der Waals surface area contributed by atoms with Crippen LogP contribution in [0.25, 0.3) is 0 Å². The molecule has 0 bridgehead atoms. The van der Waals surface area contributed by atoms with E-state index in [-0.39, 0.29) is 0 Å². The summed E-state index contributed by atoms with van der Waals surface area (Å²) in [5.74, 6) is 0. The van der Waals surface area contributed by atoms with Crippen LogP contribution in [0.15, 0.2) is 12.7 Å². The summed E-state index contributed by atoms with van der Waals surface area (Å²) in [7, 11) is 0. The van der Waals surface area contributed by atoms with Gasteiger partial charge in [-0.05, 0) is 35.5 Å². The van der Waals surface area contributed by atoms with Gasteiger partial charge in [-0.3, -0.25) is 0 Å². The number of hydrogen-bond acceptors (Lipinski definition) is 0. The first-order valence-electron chi connectivity index (χ1n) is 10.7. The Balaban J connectivity index is -0.000000278. The molecule has 0 spiro atoms. The second-order valence-corrected chi connectivity index (χ2v) is 8.37. The molecule has 0 saturated carbocycles. The highest BCUT2D eigenvalue weighted by Gasteiger charge is 2.18. The zero-order valence-corrected chi connectivity index (χ0v) is 19.4. The van der Waals surface area contributed by atoms with Crippen LogP contribution in [0.3, 0.4) is 0 Å². The third-order valence-corrected chi connectivity index (χ3v) is 7.02. The summed E-state index contributed by atoms with van der Waals surface area (Å²) in [5, 5.41) is 0. The molecule has 0 aromatic carbocycles. The van der Waals surface area contributed by atoms with Crippen molar-refractivity contribution in [2.75, 3.05) is 0 Å². The summed E-state index contributed by atoms with van der Waals surface area (Å²) >= 11 is 0. The Hall–Kier alpha value is -0.260. The van der Waals surface area contributed by atoms with Crippen LogP contribution in [0.1, 0.15) is 128 Å². The molecule has 0 N–H and O–H groups in total. The average Bonchev–Trinajstić information content (AvgIpc) is 2.64. The second kappa shape index (κ2) is 15.0. The fourth-order valence-corrected chi connectivity index (χ4v) is 2.18. The third kappa shape index (κ3) is 13.1. The summed E-state index contributed by atoms with van der Waals surface area (Å²) in [6.07, 6.45) is 12.3. The molecule has 0 radical (unpaired) electrons. The number of rotatable bonds is 9. The molecule has 0 heterocycles. The van der Waals surface area contributed by atoms with Gasteiger partial charge in [-0.15, -0.1) is 6.58 Å². The third-order valence-electron chi connectivity index (χ3n) is 7.02. The van der Waals surface area contributed by atoms with Crippen molar-refractivity contribution in [3.05, 3.63) is 12.7 Å². The van der Waals surface area contributed by atoms with E-state index in [1.165, 1.54) is 51.4 Å². The van der Waals surface area contributed by atoms with Crippen LogP contribution < -0.4 is 0 Å². The Labute approximate surface area is 156 Å². The Kier molecular flexibility index (Phi) is 17.9. The van der Waals surface area contributed by atoms with Gasteiger partial charge in [0.25, 0.3) is 0 Å². The van der Waals surface area contributed by atoms with Crippen LogP contribution >= 0.6 is 0 Å². The normalized spacial score (nSPS) is 11.8. The average molecular weight is 341 g/mol. The van der Waals surface area contributed by atoms with Gasteiger partial charge in [0.1, 0.15) is 0 Å². The molecule has 0 aromatic heterocycles. The summed E-state index contributed by atoms with van der Waals surface area (Å²) in [6, 6.07) is 0. The van der Waals surface area contributed by atoms with Gasteiger partial charge in [-0.1, -0.05) is 114 Å². The molecule has 0 unspecified atom stereocenters. The van der Waals surface area contributed by atoms with Crippen molar-refractivity contribution in [2.24, 2.45) is 16.2 Å². The molecule has 148 valence electrons. The van der Waals surface area contributed by atoms with E-state index < -0.39 is 0 Å². The van der Waals surface area contributed by atoms with Crippen molar-refractivity contribution < 1.29 is 0 Å². The van der Waals surface area contributed by atoms with Crippen molar-refractivity contribution in [1.29, 1.82) is 0 Å². The lowest BCUT2D eigenvalue weighted by Crippen LogP contribution is -2.12. The topological polar surface area (TPSA) is 0 Å². The zero-order chi connectivity index (χ0) is 19.9. The smallest absolute Gasteiger partial charge is 0.0129 e. The lowest BCUT2D eigenvalue weighted by atomic mass is 9.80. The molecule has 0 amide bonds. The van der Waals surface area contributed by atoms with E-state index >= 15 is 0 Å². The van der Waals surface area contributed by atoms with Gasteiger partial charge in [0.05, 0.1) is 0 Å². The monoisotopic (exact) mass is 340 g/mol. The maximum absolute atomic E-state index is 3.85. The Morgan fingerprint density at radius 1 is 0.542 bits per heavy atom. The van der Waals surface area contributed by atoms with Gasteiger partial charge in [0.15, 0.2) is 0 Å². The van der Waals surface area contributed by atoms with Crippen molar-refractivity contribution in [1.82, 2.24) is 0 Å². The maximum Gasteiger partial charge on any atom is -0.0129 e. The number of allylic oxidation sites excluding steroid dienone is 1. The van der Waals surface area contributed by atoms with E-state index in [0.29, 0.717) is 16.2 Å². The first kappa shape index (κ1) is 28.5. The predicted octanol–water partition coefficient (Wildman–Crippen LogP) is 9.44. The first-order chi connectivity index (χ1) is 11.0. The van der Waals surface area contributed by atoms with Gasteiger partial charge < -0.3 is 0 Å². The fraction of sp³-hybridized carbons (Fsp3) is 0.917. The molecule has 24 heavy (non-hydrogen) atoms. The van der Waals surface area contributed by atoms with Crippen LogP contribution in [0.5, 0.6) is 0 Å². The predicted molar refractivity (Wildman–Crippen MR) is 117 cm³/mol. The van der Waals surface area contributed by atoms with E-state index in [1.54, 1.807) is 0 Å². The largest absolute Gasteiger partial charge is 0.103 e. The van der Waals surface area contributed by atoms with E-state index in [1.807, 2.05) is 0 Å². The first-order valence-corrected chi connectivity index (χ1v) is 10.7. The van der Waals surface area contributed by atoms with E-state index in [2.05, 4.69) is 88.8 Å². The van der Waals surface area contributed by atoms with Gasteiger partial charge in [-0.2, -0.15) is 0 Å². The van der Waals surface area contributed by atoms with Crippen LogP contribution in [0.2, 0.25) is 0 Å². The molecular weight excluding hydrogens is 288 g/mol. The van der Waals surface area contributed by atoms with E-state index in [9.17, 15) is 0 Å². The minimum absolute atomic E-state index is 0.431. The Morgan fingerprint density at radius 2 is 0.833 bits per heavy atom. The minimum atomic E-state index is 0.431. The molecule has 0 heteroatoms. The summed E-state index contributed by atoms with van der Waals surface area (Å²) in [4.78, 5) is 0. The van der Waals surface area contributed by atoms with Crippen LogP contribution in [-0.4, -0.2) is 0 Å². The lowest BCUT2D eigenvalue weighted by molar-refractivity contribution is 0.286. The maximum atomic E-state index is 3.85. The molecule has 0 rings (SSSR count). The van der Waals surface area contributed by atoms with Gasteiger partial charge in [0, 0.05) is 0 Å². The van der Waals surface area contributed by atoms with Gasteiger partial charge in [-0.25, -0.2) is 0 Å². The zero-order valence-electron chi connectivity index (χ0n) is 19.4. The van der Waals surface area contributed by atoms with Crippen molar-refractivity contribution >= 4 is 0 Å². The van der Waals surface area contributed by atoms with Gasteiger partial charge in [0.2, 0.25) is 0 Å². The minimum Gasteiger partial charge on any atom is -0.103 e. The highest BCUT2D eigenvalue weighted by Crippen LogP contribution is 2.31. The second-order valence-electron chi connectivity index (χ2n) is 8.37. The van der Waals surface area contributed by atoms with Gasteiger partial charge >= 0.3 is 0 Å². The SMILES string of the molecule is C=CC(CC)(CC)CC.CCC(C)(C)CC.CCC(C)(CC)CC. The van der Waals surface area contributed by atoms with Crippen molar-refractivity contribution in [3.8, 4) is 0 Å². The molecule has 0 nitrogen and oxygen atoms in total. The Morgan fingerprint density at radius 3 is 0.833 bits per heavy atom. The van der Waals surface area contributed by atoms with Crippen LogP contribution in [0.4, 0.5) is 0 Å². The molecule has 0 atom stereocenters. The lowest BCUT2D eigenvalue weighted by Gasteiger charge is -2.25. The quantitative estimate of drug-likeness (QED) is 0.366. The standard InChI is InChI=1S/C9H18.C8H18.C7H16/c1-5-9(6-2,7-3)8-4;1-5-8(4,6-2)7-3;1-5-7(3,4)6-2/h5H,1,6-8H2,2-4H3;5-7H2,1-4H3;5-6H2,1-4H3. The molecule has 0 fully saturated rings. The molecule has 0 aliphatic heterocycles. The highest BCUT2D eigenvalue weighted by atomic mass is 14.2. The summed E-state index contributed by atoms with van der Waals surface area (Å²) in [6.45, 7) is 28.8. The Bertz CT molecular complexity index is 241. The molecular formula is C24H52.